The number of aliphatic imine (C=N–C) groups is 1. The summed E-state index contributed by atoms with van der Waals surface area (Å²) in [5.41, 5.74) is 2.28. The van der Waals surface area contributed by atoms with E-state index in [1.807, 2.05) is 11.5 Å². The zero-order valence-corrected chi connectivity index (χ0v) is 19.1. The molecule has 0 fully saturated rings. The number of aryl methyl sites for hydroxylation is 3. The molecular formula is C23H36N6O2. The fourth-order valence-electron chi connectivity index (χ4n) is 3.67. The van der Waals surface area contributed by atoms with Crippen LogP contribution in [0.4, 0.5) is 0 Å². The first-order chi connectivity index (χ1) is 15.1. The molecule has 2 N–H and O–H groups in total. The lowest BCUT2D eigenvalue weighted by atomic mass is 10.1. The van der Waals surface area contributed by atoms with E-state index in [0.717, 1.165) is 68.3 Å². The van der Waals surface area contributed by atoms with Gasteiger partial charge in [0.1, 0.15) is 11.6 Å². The number of aromatic nitrogens is 3. The van der Waals surface area contributed by atoms with Gasteiger partial charge >= 0.3 is 5.69 Å². The van der Waals surface area contributed by atoms with Gasteiger partial charge < -0.3 is 15.4 Å². The number of nitrogens with one attached hydrogen (secondary N) is 2. The van der Waals surface area contributed by atoms with E-state index in [2.05, 4.69) is 47.8 Å². The summed E-state index contributed by atoms with van der Waals surface area (Å²) >= 11 is 0. The van der Waals surface area contributed by atoms with E-state index in [1.54, 1.807) is 4.68 Å². The second kappa shape index (κ2) is 11.6. The first-order valence-corrected chi connectivity index (χ1v) is 11.5. The molecule has 1 aliphatic rings. The highest BCUT2D eigenvalue weighted by Gasteiger charge is 2.16. The normalized spacial score (nSPS) is 13.7. The molecule has 0 saturated carbocycles. The summed E-state index contributed by atoms with van der Waals surface area (Å²) in [5.74, 6) is 2.60. The summed E-state index contributed by atoms with van der Waals surface area (Å²) < 4.78 is 9.33. The van der Waals surface area contributed by atoms with Gasteiger partial charge in [0.2, 0.25) is 0 Å². The Labute approximate surface area is 184 Å². The van der Waals surface area contributed by atoms with Gasteiger partial charge in [0.05, 0.1) is 13.2 Å². The van der Waals surface area contributed by atoms with Crippen molar-refractivity contribution < 1.29 is 4.74 Å². The number of benzene rings is 1. The number of hydrogen-bond acceptors (Lipinski definition) is 4. The Morgan fingerprint density at radius 1 is 1.26 bits per heavy atom. The van der Waals surface area contributed by atoms with Crippen LogP contribution < -0.4 is 21.1 Å². The molecule has 0 radical (unpaired) electrons. The van der Waals surface area contributed by atoms with Crippen LogP contribution in [-0.4, -0.2) is 40.0 Å². The van der Waals surface area contributed by atoms with Crippen molar-refractivity contribution in [3.63, 3.8) is 0 Å². The van der Waals surface area contributed by atoms with Gasteiger partial charge in [0, 0.05) is 38.2 Å². The van der Waals surface area contributed by atoms with E-state index in [1.165, 1.54) is 5.56 Å². The van der Waals surface area contributed by atoms with E-state index in [-0.39, 0.29) is 5.69 Å². The molecule has 8 heteroatoms. The first kappa shape index (κ1) is 22.9. The largest absolute Gasteiger partial charge is 0.493 e. The smallest absolute Gasteiger partial charge is 0.345 e. The van der Waals surface area contributed by atoms with Crippen LogP contribution in [0.5, 0.6) is 5.75 Å². The van der Waals surface area contributed by atoms with E-state index < -0.39 is 0 Å². The summed E-state index contributed by atoms with van der Waals surface area (Å²) in [6, 6.07) is 6.25. The van der Waals surface area contributed by atoms with Crippen molar-refractivity contribution in [1.82, 2.24) is 25.0 Å². The summed E-state index contributed by atoms with van der Waals surface area (Å²) in [6.45, 7) is 10.4. The summed E-state index contributed by atoms with van der Waals surface area (Å²) in [6.07, 6.45) is 4.86. The molecule has 1 aromatic carbocycles. The van der Waals surface area contributed by atoms with Gasteiger partial charge in [-0.1, -0.05) is 19.1 Å². The van der Waals surface area contributed by atoms with Crippen LogP contribution in [0.3, 0.4) is 0 Å². The van der Waals surface area contributed by atoms with Gasteiger partial charge in [0.25, 0.3) is 0 Å². The van der Waals surface area contributed by atoms with Crippen molar-refractivity contribution >= 4 is 5.96 Å². The zero-order valence-electron chi connectivity index (χ0n) is 19.1. The molecule has 0 saturated heterocycles. The van der Waals surface area contributed by atoms with Crippen LogP contribution in [0.25, 0.3) is 0 Å². The molecule has 2 aromatic rings. The summed E-state index contributed by atoms with van der Waals surface area (Å²) in [5, 5.41) is 11.2. The fourth-order valence-corrected chi connectivity index (χ4v) is 3.67. The maximum absolute atomic E-state index is 12.4. The lowest BCUT2D eigenvalue weighted by Gasteiger charge is -2.13. The number of hydrogen-bond donors (Lipinski definition) is 2. The Kier molecular flexibility index (Phi) is 8.55. The predicted molar refractivity (Wildman–Crippen MR) is 124 cm³/mol. The quantitative estimate of drug-likeness (QED) is 0.345. The SMILES string of the molecule is CCCOc1cc(C)ccc1CN=C(NCC)NCCCn1nc2n(c1=O)CCCC2. The molecule has 1 aromatic heterocycles. The fraction of sp³-hybridized carbons (Fsp3) is 0.609. The first-order valence-electron chi connectivity index (χ1n) is 11.5. The topological polar surface area (TPSA) is 85.5 Å². The standard InChI is InChI=1S/C23H36N6O2/c1-4-15-31-20-16-18(3)10-11-19(20)17-26-22(24-5-2)25-12-8-14-29-23(30)28-13-7-6-9-21(28)27-29/h10-11,16H,4-9,12-15,17H2,1-3H3,(H2,24,25,26). The number of rotatable bonds is 10. The van der Waals surface area contributed by atoms with Gasteiger partial charge in [-0.2, -0.15) is 5.10 Å². The minimum Gasteiger partial charge on any atom is -0.493 e. The highest BCUT2D eigenvalue weighted by molar-refractivity contribution is 5.79. The molecule has 0 aliphatic carbocycles. The van der Waals surface area contributed by atoms with Gasteiger partial charge in [0.15, 0.2) is 5.96 Å². The van der Waals surface area contributed by atoms with Gasteiger partial charge in [-0.3, -0.25) is 4.57 Å². The van der Waals surface area contributed by atoms with Crippen molar-refractivity contribution in [2.45, 2.75) is 72.5 Å². The molecule has 0 spiro atoms. The minimum absolute atomic E-state index is 0.0225. The molecule has 0 atom stereocenters. The number of ether oxygens (including phenoxy) is 1. The Balaban J connectivity index is 1.55. The maximum Gasteiger partial charge on any atom is 0.345 e. The third-order valence-corrected chi connectivity index (χ3v) is 5.31. The molecule has 0 amide bonds. The molecule has 1 aliphatic heterocycles. The second-order valence-corrected chi connectivity index (χ2v) is 7.97. The van der Waals surface area contributed by atoms with Crippen LogP contribution >= 0.6 is 0 Å². The molecule has 170 valence electrons. The monoisotopic (exact) mass is 428 g/mol. The Bertz CT molecular complexity index is 931. The second-order valence-electron chi connectivity index (χ2n) is 7.97. The van der Waals surface area contributed by atoms with Crippen LogP contribution in [0, 0.1) is 6.92 Å². The molecule has 2 heterocycles. The van der Waals surface area contributed by atoms with E-state index >= 15 is 0 Å². The third kappa shape index (κ3) is 6.35. The number of guanidine groups is 1. The molecule has 31 heavy (non-hydrogen) atoms. The minimum atomic E-state index is 0.0225. The average Bonchev–Trinajstić information content (AvgIpc) is 3.10. The highest BCUT2D eigenvalue weighted by Crippen LogP contribution is 2.21. The van der Waals surface area contributed by atoms with Crippen LogP contribution in [0.1, 0.15) is 56.5 Å². The number of nitrogens with zero attached hydrogens (tertiary/aromatic N) is 4. The van der Waals surface area contributed by atoms with E-state index in [9.17, 15) is 4.79 Å². The van der Waals surface area contributed by atoms with Crippen molar-refractivity contribution in [3.8, 4) is 5.75 Å². The lowest BCUT2D eigenvalue weighted by molar-refractivity contribution is 0.314. The molecule has 0 bridgehead atoms. The maximum atomic E-state index is 12.4. The van der Waals surface area contributed by atoms with Gasteiger partial charge in [-0.05, 0) is 51.2 Å². The lowest BCUT2D eigenvalue weighted by Crippen LogP contribution is -2.38. The number of fused-ring (bicyclic) bond motifs is 1. The van der Waals surface area contributed by atoms with Crippen LogP contribution in [0.2, 0.25) is 0 Å². The highest BCUT2D eigenvalue weighted by atomic mass is 16.5. The molecule has 8 nitrogen and oxygen atoms in total. The van der Waals surface area contributed by atoms with E-state index in [4.69, 9.17) is 9.73 Å². The third-order valence-electron chi connectivity index (χ3n) is 5.31. The Morgan fingerprint density at radius 2 is 2.13 bits per heavy atom. The van der Waals surface area contributed by atoms with Crippen molar-refractivity contribution in [1.29, 1.82) is 0 Å². The van der Waals surface area contributed by atoms with Gasteiger partial charge in [-0.15, -0.1) is 0 Å². The van der Waals surface area contributed by atoms with Gasteiger partial charge in [-0.25, -0.2) is 14.5 Å². The predicted octanol–water partition coefficient (Wildman–Crippen LogP) is 2.62. The molecule has 0 unspecified atom stereocenters. The molecule has 3 rings (SSSR count). The molecular weight excluding hydrogens is 392 g/mol. The van der Waals surface area contributed by atoms with Crippen LogP contribution in [-0.2, 0) is 26.1 Å². The Morgan fingerprint density at radius 3 is 2.90 bits per heavy atom. The van der Waals surface area contributed by atoms with E-state index in [0.29, 0.717) is 26.2 Å². The van der Waals surface area contributed by atoms with Crippen molar-refractivity contribution in [3.05, 3.63) is 45.6 Å². The summed E-state index contributed by atoms with van der Waals surface area (Å²) in [7, 11) is 0. The summed E-state index contributed by atoms with van der Waals surface area (Å²) in [4.78, 5) is 17.2. The van der Waals surface area contributed by atoms with Crippen LogP contribution in [0.15, 0.2) is 28.0 Å². The zero-order chi connectivity index (χ0) is 22.1. The van der Waals surface area contributed by atoms with Crippen molar-refractivity contribution in [2.75, 3.05) is 19.7 Å². The average molecular weight is 429 g/mol. The van der Waals surface area contributed by atoms with Crippen molar-refractivity contribution in [2.24, 2.45) is 4.99 Å². The Hall–Kier alpha value is -2.77.